The van der Waals surface area contributed by atoms with Crippen LogP contribution in [0.15, 0.2) is 52.0 Å². The second-order valence-electron chi connectivity index (χ2n) is 8.47. The van der Waals surface area contributed by atoms with E-state index in [1.165, 1.54) is 31.0 Å². The molecule has 2 amide bonds. The zero-order chi connectivity index (χ0) is 24.3. The fraction of sp³-hybridized carbons (Fsp3) is 0.333. The number of fused-ring (bicyclic) bond motifs is 1. The quantitative estimate of drug-likeness (QED) is 0.515. The van der Waals surface area contributed by atoms with E-state index in [0.29, 0.717) is 17.1 Å². The molecule has 0 saturated heterocycles. The molecule has 1 aromatic heterocycles. The lowest BCUT2D eigenvalue weighted by molar-refractivity contribution is -0.128. The molecule has 2 N–H and O–H groups in total. The van der Waals surface area contributed by atoms with Crippen molar-refractivity contribution < 1.29 is 22.4 Å². The number of hydrogen-bond acceptors (Lipinski definition) is 5. The smallest absolute Gasteiger partial charge is 0.253 e. The van der Waals surface area contributed by atoms with E-state index in [1.54, 1.807) is 12.1 Å². The van der Waals surface area contributed by atoms with Gasteiger partial charge in [0.15, 0.2) is 0 Å². The van der Waals surface area contributed by atoms with E-state index >= 15 is 0 Å². The lowest BCUT2D eigenvalue weighted by Gasteiger charge is -2.17. The van der Waals surface area contributed by atoms with Gasteiger partial charge in [-0.2, -0.15) is 4.31 Å². The summed E-state index contributed by atoms with van der Waals surface area (Å²) in [6.07, 6.45) is 1.54. The van der Waals surface area contributed by atoms with Crippen molar-refractivity contribution in [3.05, 3.63) is 64.9 Å². The Kier molecular flexibility index (Phi) is 7.24. The standard InChI is InChI=1S/C24H29N3O5S/c1-15(2)20-12-21-18(14-32-22(21)10-17(20)4)11-23(28)25-26-24(29)13-27(5)33(30,31)19-8-6-16(3)7-9-19/h6-10,12,14-15H,11,13H2,1-5H3,(H,25,28)(H,26,29). The first kappa shape index (κ1) is 24.5. The molecular weight excluding hydrogens is 442 g/mol. The predicted molar refractivity (Wildman–Crippen MR) is 126 cm³/mol. The van der Waals surface area contributed by atoms with E-state index in [4.69, 9.17) is 4.42 Å². The Bertz CT molecular complexity index is 1280. The molecular formula is C24H29N3O5S. The van der Waals surface area contributed by atoms with Crippen molar-refractivity contribution >= 4 is 32.8 Å². The highest BCUT2D eigenvalue weighted by molar-refractivity contribution is 7.89. The van der Waals surface area contributed by atoms with Crippen LogP contribution in [0.5, 0.6) is 0 Å². The molecule has 0 aliphatic rings. The van der Waals surface area contributed by atoms with Crippen molar-refractivity contribution in [2.75, 3.05) is 13.6 Å². The van der Waals surface area contributed by atoms with Gasteiger partial charge in [0.25, 0.3) is 5.91 Å². The molecule has 0 spiro atoms. The second kappa shape index (κ2) is 9.76. The maximum Gasteiger partial charge on any atom is 0.253 e. The maximum absolute atomic E-state index is 12.6. The Morgan fingerprint density at radius 1 is 1.03 bits per heavy atom. The molecule has 3 aromatic rings. The first-order valence-corrected chi connectivity index (χ1v) is 12.0. The predicted octanol–water partition coefficient (Wildman–Crippen LogP) is 3.18. The summed E-state index contributed by atoms with van der Waals surface area (Å²) in [5.74, 6) is -0.767. The molecule has 0 radical (unpaired) electrons. The van der Waals surface area contributed by atoms with Crippen LogP contribution >= 0.6 is 0 Å². The van der Waals surface area contributed by atoms with Gasteiger partial charge in [0.2, 0.25) is 15.9 Å². The third-order valence-electron chi connectivity index (χ3n) is 5.45. The molecule has 0 fully saturated rings. The van der Waals surface area contributed by atoms with E-state index in [0.717, 1.165) is 20.8 Å². The summed E-state index contributed by atoms with van der Waals surface area (Å²) in [4.78, 5) is 24.7. The minimum atomic E-state index is -3.82. The third kappa shape index (κ3) is 5.61. The van der Waals surface area contributed by atoms with Gasteiger partial charge in [-0.15, -0.1) is 0 Å². The molecule has 0 unspecified atom stereocenters. The molecule has 33 heavy (non-hydrogen) atoms. The van der Waals surface area contributed by atoms with E-state index in [1.807, 2.05) is 26.0 Å². The Labute approximate surface area is 194 Å². The van der Waals surface area contributed by atoms with E-state index in [2.05, 4.69) is 24.7 Å². The van der Waals surface area contributed by atoms with Gasteiger partial charge in [0, 0.05) is 18.0 Å². The molecule has 176 valence electrons. The summed E-state index contributed by atoms with van der Waals surface area (Å²) in [5.41, 5.74) is 9.24. The van der Waals surface area contributed by atoms with Crippen molar-refractivity contribution in [1.82, 2.24) is 15.2 Å². The number of aryl methyl sites for hydroxylation is 2. The number of rotatable bonds is 7. The summed E-state index contributed by atoms with van der Waals surface area (Å²) in [7, 11) is -2.51. The van der Waals surface area contributed by atoms with Crippen molar-refractivity contribution in [3.8, 4) is 0 Å². The van der Waals surface area contributed by atoms with Crippen molar-refractivity contribution in [3.63, 3.8) is 0 Å². The first-order valence-electron chi connectivity index (χ1n) is 10.6. The number of hydrogen-bond donors (Lipinski definition) is 2. The van der Waals surface area contributed by atoms with Crippen LogP contribution in [0.4, 0.5) is 0 Å². The molecule has 2 aromatic carbocycles. The Morgan fingerprint density at radius 3 is 2.30 bits per heavy atom. The average Bonchev–Trinajstić information content (AvgIpc) is 3.13. The molecule has 1 heterocycles. The number of carbonyl (C=O) groups is 2. The molecule has 8 nitrogen and oxygen atoms in total. The lowest BCUT2D eigenvalue weighted by atomic mass is 9.95. The van der Waals surface area contributed by atoms with Crippen molar-refractivity contribution in [1.29, 1.82) is 0 Å². The highest BCUT2D eigenvalue weighted by Crippen LogP contribution is 2.29. The zero-order valence-electron chi connectivity index (χ0n) is 19.4. The number of sulfonamides is 1. The average molecular weight is 472 g/mol. The number of hydrazine groups is 1. The molecule has 3 rings (SSSR count). The monoisotopic (exact) mass is 471 g/mol. The van der Waals surface area contributed by atoms with Crippen LogP contribution in [0.3, 0.4) is 0 Å². The summed E-state index contributed by atoms with van der Waals surface area (Å²) < 4.78 is 31.7. The summed E-state index contributed by atoms with van der Waals surface area (Å²) in [6, 6.07) is 10.3. The van der Waals surface area contributed by atoms with Gasteiger partial charge in [-0.3, -0.25) is 20.4 Å². The van der Waals surface area contributed by atoms with Crippen LogP contribution < -0.4 is 10.9 Å². The Morgan fingerprint density at radius 2 is 1.67 bits per heavy atom. The SMILES string of the molecule is Cc1ccc(S(=O)(=O)N(C)CC(=O)NNC(=O)Cc2coc3cc(C)c(C(C)C)cc23)cc1. The largest absolute Gasteiger partial charge is 0.464 e. The molecule has 9 heteroatoms. The summed E-state index contributed by atoms with van der Waals surface area (Å²) >= 11 is 0. The fourth-order valence-corrected chi connectivity index (χ4v) is 4.70. The van der Waals surface area contributed by atoms with Gasteiger partial charge < -0.3 is 4.42 Å². The molecule has 0 saturated carbocycles. The number of amides is 2. The lowest BCUT2D eigenvalue weighted by Crippen LogP contribution is -2.47. The highest BCUT2D eigenvalue weighted by Gasteiger charge is 2.23. The highest BCUT2D eigenvalue weighted by atomic mass is 32.2. The van der Waals surface area contributed by atoms with Gasteiger partial charge in [0.1, 0.15) is 5.58 Å². The Hall–Kier alpha value is -3.17. The maximum atomic E-state index is 12.6. The normalized spacial score (nSPS) is 11.8. The number of nitrogens with one attached hydrogen (secondary N) is 2. The molecule has 0 atom stereocenters. The van der Waals surface area contributed by atoms with Crippen LogP contribution in [0.1, 0.15) is 42.0 Å². The van der Waals surface area contributed by atoms with Crippen LogP contribution in [0.2, 0.25) is 0 Å². The van der Waals surface area contributed by atoms with Gasteiger partial charge in [0.05, 0.1) is 24.1 Å². The minimum absolute atomic E-state index is 0.00534. The van der Waals surface area contributed by atoms with Crippen molar-refractivity contribution in [2.24, 2.45) is 0 Å². The van der Waals surface area contributed by atoms with Gasteiger partial charge >= 0.3 is 0 Å². The van der Waals surface area contributed by atoms with E-state index in [-0.39, 0.29) is 11.3 Å². The molecule has 0 bridgehead atoms. The topological polar surface area (TPSA) is 109 Å². The second-order valence-corrected chi connectivity index (χ2v) is 10.5. The molecule has 0 aliphatic heterocycles. The van der Waals surface area contributed by atoms with Crippen LogP contribution in [-0.2, 0) is 26.0 Å². The third-order valence-corrected chi connectivity index (χ3v) is 7.27. The number of carbonyl (C=O) groups excluding carboxylic acids is 2. The van der Waals surface area contributed by atoms with Gasteiger partial charge in [-0.1, -0.05) is 31.5 Å². The molecule has 0 aliphatic carbocycles. The summed E-state index contributed by atoms with van der Waals surface area (Å²) in [5, 5.41) is 0.856. The van der Waals surface area contributed by atoms with Crippen molar-refractivity contribution in [2.45, 2.75) is 44.9 Å². The number of likely N-dealkylation sites (N-methyl/N-ethyl adjacent to an activating group) is 1. The van der Waals surface area contributed by atoms with Crippen LogP contribution in [-0.4, -0.2) is 38.1 Å². The fourth-order valence-electron chi connectivity index (χ4n) is 3.58. The summed E-state index contributed by atoms with van der Waals surface area (Å²) in [6.45, 7) is 7.64. The van der Waals surface area contributed by atoms with Gasteiger partial charge in [-0.25, -0.2) is 8.42 Å². The van der Waals surface area contributed by atoms with Crippen LogP contribution in [0, 0.1) is 13.8 Å². The van der Waals surface area contributed by atoms with E-state index in [9.17, 15) is 18.0 Å². The van der Waals surface area contributed by atoms with E-state index < -0.39 is 28.4 Å². The van der Waals surface area contributed by atoms with Crippen LogP contribution in [0.25, 0.3) is 11.0 Å². The minimum Gasteiger partial charge on any atom is -0.464 e. The number of benzene rings is 2. The zero-order valence-corrected chi connectivity index (χ0v) is 20.2. The first-order chi connectivity index (χ1) is 15.5. The number of nitrogens with zero attached hydrogens (tertiary/aromatic N) is 1. The van der Waals surface area contributed by atoms with Gasteiger partial charge in [-0.05, 0) is 55.2 Å². The number of furan rings is 1. The Balaban J connectivity index is 1.59.